The van der Waals surface area contributed by atoms with Crippen molar-refractivity contribution in [3.8, 4) is 11.5 Å². The highest BCUT2D eigenvalue weighted by Crippen LogP contribution is 2.18. The molecule has 2 rings (SSSR count). The van der Waals surface area contributed by atoms with Crippen molar-refractivity contribution in [3.63, 3.8) is 0 Å². The molecule has 0 aliphatic carbocycles. The van der Waals surface area contributed by atoms with Gasteiger partial charge in [0.25, 0.3) is 11.8 Å². The molecule has 0 radical (unpaired) electrons. The zero-order valence-corrected chi connectivity index (χ0v) is 19.6. The van der Waals surface area contributed by atoms with Gasteiger partial charge in [0.15, 0.2) is 17.7 Å². The van der Waals surface area contributed by atoms with E-state index in [4.69, 9.17) is 9.47 Å². The van der Waals surface area contributed by atoms with Crippen LogP contribution in [0.4, 0.5) is 4.39 Å². The maximum absolute atomic E-state index is 13.7. The van der Waals surface area contributed by atoms with Gasteiger partial charge in [-0.25, -0.2) is 12.8 Å². The summed E-state index contributed by atoms with van der Waals surface area (Å²) in [5.41, 5.74) is 4.38. The van der Waals surface area contributed by atoms with E-state index >= 15 is 0 Å². The summed E-state index contributed by atoms with van der Waals surface area (Å²) in [6.07, 6.45) is -0.944. The molecule has 0 fully saturated rings. The summed E-state index contributed by atoms with van der Waals surface area (Å²) < 4.78 is 51.8. The Kier molecular flexibility index (Phi) is 9.18. The molecule has 0 saturated carbocycles. The number of para-hydroxylation sites is 1. The molecular weight excluding hydrogens is 453 g/mol. The maximum Gasteiger partial charge on any atom is 0.279 e. The largest absolute Gasteiger partial charge is 0.497 e. The molecule has 0 aromatic heterocycles. The predicted molar refractivity (Wildman–Crippen MR) is 119 cm³/mol. The topological polar surface area (TPSA) is 123 Å². The number of ether oxygens (including phenoxy) is 2. The van der Waals surface area contributed by atoms with E-state index < -0.39 is 39.8 Å². The van der Waals surface area contributed by atoms with Gasteiger partial charge in [-0.15, -0.1) is 0 Å². The Morgan fingerprint density at radius 2 is 1.58 bits per heavy atom. The standard InChI is InChI=1S/C22H28FN3O6S/c1-14(2)13-19(26-33(29,30)17-11-9-16(31-4)10-12-17)22(28)25-24-21(27)15(3)32-20-8-6-5-7-18(20)23/h5-12,14-15,19,26H,13H2,1-4H3,(H,24,27)(H,25,28). The summed E-state index contributed by atoms with van der Waals surface area (Å²) in [7, 11) is -2.56. The van der Waals surface area contributed by atoms with Crippen LogP contribution in [0.5, 0.6) is 11.5 Å². The van der Waals surface area contributed by atoms with Crippen LogP contribution in [0.2, 0.25) is 0 Å². The first-order chi connectivity index (χ1) is 15.5. The molecule has 9 nitrogen and oxygen atoms in total. The van der Waals surface area contributed by atoms with Crippen molar-refractivity contribution >= 4 is 21.8 Å². The maximum atomic E-state index is 13.7. The van der Waals surface area contributed by atoms with Crippen LogP contribution < -0.4 is 25.0 Å². The van der Waals surface area contributed by atoms with Crippen LogP contribution in [-0.2, 0) is 19.6 Å². The average molecular weight is 482 g/mol. The number of halogens is 1. The highest BCUT2D eigenvalue weighted by Gasteiger charge is 2.27. The van der Waals surface area contributed by atoms with Crippen molar-refractivity contribution in [1.29, 1.82) is 0 Å². The Balaban J connectivity index is 2.02. The summed E-state index contributed by atoms with van der Waals surface area (Å²) in [6.45, 7) is 5.03. The first-order valence-electron chi connectivity index (χ1n) is 10.2. The third kappa shape index (κ3) is 7.72. The lowest BCUT2D eigenvalue weighted by molar-refractivity contribution is -0.133. The summed E-state index contributed by atoms with van der Waals surface area (Å²) in [5, 5.41) is 0. The molecule has 0 aliphatic rings. The molecule has 2 aromatic carbocycles. The molecule has 180 valence electrons. The van der Waals surface area contributed by atoms with Gasteiger partial charge in [0.1, 0.15) is 11.8 Å². The van der Waals surface area contributed by atoms with E-state index in [1.165, 1.54) is 56.5 Å². The quantitative estimate of drug-likeness (QED) is 0.447. The second-order valence-electron chi connectivity index (χ2n) is 7.65. The number of methoxy groups -OCH3 is 1. The van der Waals surface area contributed by atoms with Crippen LogP contribution in [0.3, 0.4) is 0 Å². The molecule has 0 heterocycles. The first-order valence-corrected chi connectivity index (χ1v) is 11.7. The Hall–Kier alpha value is -3.18. The molecule has 2 amide bonds. The van der Waals surface area contributed by atoms with Gasteiger partial charge in [0.2, 0.25) is 10.0 Å². The molecule has 0 aliphatic heterocycles. The lowest BCUT2D eigenvalue weighted by atomic mass is 10.0. The highest BCUT2D eigenvalue weighted by molar-refractivity contribution is 7.89. The molecule has 3 N–H and O–H groups in total. The molecule has 11 heteroatoms. The van der Waals surface area contributed by atoms with Crippen molar-refractivity contribution in [3.05, 3.63) is 54.3 Å². The summed E-state index contributed by atoms with van der Waals surface area (Å²) in [5.74, 6) is -1.79. The smallest absolute Gasteiger partial charge is 0.279 e. The Morgan fingerprint density at radius 3 is 2.15 bits per heavy atom. The number of nitrogens with one attached hydrogen (secondary N) is 3. The first kappa shape index (κ1) is 26.1. The molecule has 0 spiro atoms. The minimum absolute atomic E-state index is 0.0293. The van der Waals surface area contributed by atoms with E-state index in [0.29, 0.717) is 5.75 Å². The van der Waals surface area contributed by atoms with Gasteiger partial charge in [-0.1, -0.05) is 26.0 Å². The Morgan fingerprint density at radius 1 is 0.970 bits per heavy atom. The molecule has 0 saturated heterocycles. The molecule has 33 heavy (non-hydrogen) atoms. The van der Waals surface area contributed by atoms with Crippen molar-refractivity contribution in [2.24, 2.45) is 5.92 Å². The van der Waals surface area contributed by atoms with Gasteiger partial charge in [-0.05, 0) is 55.7 Å². The second-order valence-corrected chi connectivity index (χ2v) is 9.36. The van der Waals surface area contributed by atoms with E-state index in [0.717, 1.165) is 0 Å². The minimum atomic E-state index is -4.02. The Bertz CT molecular complexity index is 1060. The van der Waals surface area contributed by atoms with Gasteiger partial charge in [0, 0.05) is 0 Å². The van der Waals surface area contributed by atoms with Gasteiger partial charge < -0.3 is 9.47 Å². The van der Waals surface area contributed by atoms with E-state index in [1.54, 1.807) is 6.07 Å². The SMILES string of the molecule is COc1ccc(S(=O)(=O)NC(CC(C)C)C(=O)NNC(=O)C(C)Oc2ccccc2F)cc1. The van der Waals surface area contributed by atoms with Crippen molar-refractivity contribution < 1.29 is 31.9 Å². The normalized spacial score (nSPS) is 13.2. The average Bonchev–Trinajstić information content (AvgIpc) is 2.77. The fourth-order valence-corrected chi connectivity index (χ4v) is 3.99. The minimum Gasteiger partial charge on any atom is -0.497 e. The number of carbonyl (C=O) groups excluding carboxylic acids is 2. The van der Waals surface area contributed by atoms with E-state index in [1.807, 2.05) is 13.8 Å². The van der Waals surface area contributed by atoms with E-state index in [9.17, 15) is 22.4 Å². The van der Waals surface area contributed by atoms with Gasteiger partial charge in [-0.2, -0.15) is 4.72 Å². The van der Waals surface area contributed by atoms with E-state index in [-0.39, 0.29) is 23.0 Å². The van der Waals surface area contributed by atoms with Crippen LogP contribution in [0.15, 0.2) is 53.4 Å². The predicted octanol–water partition coefficient (Wildman–Crippen LogP) is 2.14. The van der Waals surface area contributed by atoms with Crippen molar-refractivity contribution in [2.75, 3.05) is 7.11 Å². The molecule has 0 bridgehead atoms. The molecule has 2 aromatic rings. The fraction of sp³-hybridized carbons (Fsp3) is 0.364. The fourth-order valence-electron chi connectivity index (χ4n) is 2.79. The zero-order chi connectivity index (χ0) is 24.6. The number of hydrogen-bond donors (Lipinski definition) is 3. The van der Waals surface area contributed by atoms with Crippen molar-refractivity contribution in [1.82, 2.24) is 15.6 Å². The van der Waals surface area contributed by atoms with Crippen LogP contribution >= 0.6 is 0 Å². The van der Waals surface area contributed by atoms with E-state index in [2.05, 4.69) is 15.6 Å². The molecular formula is C22H28FN3O6S. The van der Waals surface area contributed by atoms with Crippen LogP contribution in [-0.4, -0.2) is 39.5 Å². The number of rotatable bonds is 10. The van der Waals surface area contributed by atoms with Crippen LogP contribution in [0.25, 0.3) is 0 Å². The molecule has 2 atom stereocenters. The monoisotopic (exact) mass is 481 g/mol. The summed E-state index contributed by atoms with van der Waals surface area (Å²) in [6, 6.07) is 10.1. The zero-order valence-electron chi connectivity index (χ0n) is 18.8. The summed E-state index contributed by atoms with van der Waals surface area (Å²) in [4.78, 5) is 24.9. The number of benzene rings is 2. The van der Waals surface area contributed by atoms with Gasteiger partial charge in [0.05, 0.1) is 12.0 Å². The highest BCUT2D eigenvalue weighted by atomic mass is 32.2. The van der Waals surface area contributed by atoms with Gasteiger partial charge >= 0.3 is 0 Å². The second kappa shape index (κ2) is 11.6. The summed E-state index contributed by atoms with van der Waals surface area (Å²) >= 11 is 0. The number of hydrogen-bond acceptors (Lipinski definition) is 6. The number of hydrazine groups is 1. The van der Waals surface area contributed by atoms with Crippen LogP contribution in [0.1, 0.15) is 27.2 Å². The number of sulfonamides is 1. The number of carbonyl (C=O) groups is 2. The lowest BCUT2D eigenvalue weighted by Crippen LogP contribution is -2.54. The van der Waals surface area contributed by atoms with Crippen molar-refractivity contribution in [2.45, 2.75) is 44.2 Å². The third-order valence-electron chi connectivity index (χ3n) is 4.51. The number of amides is 2. The van der Waals surface area contributed by atoms with Crippen LogP contribution in [0, 0.1) is 11.7 Å². The third-order valence-corrected chi connectivity index (χ3v) is 6.00. The lowest BCUT2D eigenvalue weighted by Gasteiger charge is -2.21. The van der Waals surface area contributed by atoms with Gasteiger partial charge in [-0.3, -0.25) is 20.4 Å². The Labute approximate surface area is 192 Å². The molecule has 2 unspecified atom stereocenters.